The molecular weight excluding hydrogens is 216 g/mol. The maximum Gasteiger partial charge on any atom is 0.237 e. The SMILES string of the molecule is CCCOc1ccc(C2NCC(=O)N2C)cc1. The van der Waals surface area contributed by atoms with E-state index in [4.69, 9.17) is 4.74 Å². The van der Waals surface area contributed by atoms with Gasteiger partial charge < -0.3 is 9.64 Å². The molecule has 0 aliphatic carbocycles. The van der Waals surface area contributed by atoms with Gasteiger partial charge in [0.1, 0.15) is 11.9 Å². The molecular formula is C13H18N2O2. The summed E-state index contributed by atoms with van der Waals surface area (Å²) in [4.78, 5) is 13.1. The van der Waals surface area contributed by atoms with Crippen molar-refractivity contribution in [1.29, 1.82) is 0 Å². The van der Waals surface area contributed by atoms with E-state index in [0.29, 0.717) is 6.54 Å². The minimum absolute atomic E-state index is 0.0114. The monoisotopic (exact) mass is 234 g/mol. The van der Waals surface area contributed by atoms with Gasteiger partial charge in [-0.25, -0.2) is 0 Å². The standard InChI is InChI=1S/C13H18N2O2/c1-3-8-17-11-6-4-10(5-7-11)13-14-9-12(16)15(13)2/h4-7,13-14H,3,8-9H2,1-2H3. The lowest BCUT2D eigenvalue weighted by molar-refractivity contribution is -0.126. The first kappa shape index (κ1) is 11.9. The molecule has 0 bridgehead atoms. The molecule has 1 heterocycles. The molecule has 1 atom stereocenters. The highest BCUT2D eigenvalue weighted by Crippen LogP contribution is 2.22. The molecule has 1 aliphatic rings. The summed E-state index contributed by atoms with van der Waals surface area (Å²) < 4.78 is 5.52. The van der Waals surface area contributed by atoms with E-state index in [1.165, 1.54) is 0 Å². The van der Waals surface area contributed by atoms with Crippen molar-refractivity contribution in [3.63, 3.8) is 0 Å². The van der Waals surface area contributed by atoms with Gasteiger partial charge in [0.15, 0.2) is 0 Å². The van der Waals surface area contributed by atoms with Crippen LogP contribution in [-0.4, -0.2) is 31.0 Å². The normalized spacial score (nSPS) is 19.8. The van der Waals surface area contributed by atoms with Gasteiger partial charge >= 0.3 is 0 Å². The first-order chi connectivity index (χ1) is 8.22. The Balaban J connectivity index is 2.05. The molecule has 1 unspecified atom stereocenters. The van der Waals surface area contributed by atoms with Crippen molar-refractivity contribution in [3.8, 4) is 5.75 Å². The van der Waals surface area contributed by atoms with Gasteiger partial charge in [0, 0.05) is 7.05 Å². The lowest BCUT2D eigenvalue weighted by atomic mass is 10.1. The highest BCUT2D eigenvalue weighted by molar-refractivity contribution is 5.80. The van der Waals surface area contributed by atoms with Crippen LogP contribution in [0.3, 0.4) is 0 Å². The first-order valence-electron chi connectivity index (χ1n) is 5.94. The largest absolute Gasteiger partial charge is 0.494 e. The molecule has 4 heteroatoms. The van der Waals surface area contributed by atoms with Crippen LogP contribution in [0.5, 0.6) is 5.75 Å². The van der Waals surface area contributed by atoms with Gasteiger partial charge in [0.2, 0.25) is 5.91 Å². The van der Waals surface area contributed by atoms with Gasteiger partial charge in [-0.15, -0.1) is 0 Å². The van der Waals surface area contributed by atoms with Crippen molar-refractivity contribution < 1.29 is 9.53 Å². The van der Waals surface area contributed by atoms with Crippen molar-refractivity contribution >= 4 is 5.91 Å². The zero-order valence-corrected chi connectivity index (χ0v) is 10.3. The highest BCUT2D eigenvalue weighted by atomic mass is 16.5. The Labute approximate surface area is 102 Å². The summed E-state index contributed by atoms with van der Waals surface area (Å²) in [6, 6.07) is 7.89. The Morgan fingerprint density at radius 2 is 2.12 bits per heavy atom. The molecule has 92 valence electrons. The predicted molar refractivity (Wildman–Crippen MR) is 65.7 cm³/mol. The van der Waals surface area contributed by atoms with Crippen LogP contribution in [0.15, 0.2) is 24.3 Å². The van der Waals surface area contributed by atoms with E-state index in [1.54, 1.807) is 4.90 Å². The third-order valence-electron chi connectivity index (χ3n) is 2.90. The lowest BCUT2D eigenvalue weighted by Crippen LogP contribution is -2.25. The number of amides is 1. The molecule has 17 heavy (non-hydrogen) atoms. The Morgan fingerprint density at radius 3 is 2.65 bits per heavy atom. The number of likely N-dealkylation sites (N-methyl/N-ethyl adjacent to an activating group) is 1. The molecule has 1 amide bonds. The molecule has 1 fully saturated rings. The van der Waals surface area contributed by atoms with E-state index >= 15 is 0 Å². The molecule has 0 radical (unpaired) electrons. The first-order valence-corrected chi connectivity index (χ1v) is 5.94. The Hall–Kier alpha value is -1.55. The average Bonchev–Trinajstić information content (AvgIpc) is 2.68. The summed E-state index contributed by atoms with van der Waals surface area (Å²) in [5.41, 5.74) is 1.09. The minimum Gasteiger partial charge on any atom is -0.494 e. The van der Waals surface area contributed by atoms with E-state index in [2.05, 4.69) is 12.2 Å². The quantitative estimate of drug-likeness (QED) is 0.859. The van der Waals surface area contributed by atoms with Gasteiger partial charge in [-0.05, 0) is 24.1 Å². The van der Waals surface area contributed by atoms with Crippen LogP contribution < -0.4 is 10.1 Å². The van der Waals surface area contributed by atoms with E-state index < -0.39 is 0 Å². The smallest absolute Gasteiger partial charge is 0.237 e. The van der Waals surface area contributed by atoms with Crippen molar-refractivity contribution in [2.75, 3.05) is 20.2 Å². The number of nitrogens with one attached hydrogen (secondary N) is 1. The molecule has 4 nitrogen and oxygen atoms in total. The number of ether oxygens (including phenoxy) is 1. The number of hydrogen-bond donors (Lipinski definition) is 1. The fourth-order valence-corrected chi connectivity index (χ4v) is 1.90. The van der Waals surface area contributed by atoms with Crippen molar-refractivity contribution in [2.45, 2.75) is 19.5 Å². The molecule has 0 aromatic heterocycles. The number of carbonyl (C=O) groups excluding carboxylic acids is 1. The Kier molecular flexibility index (Phi) is 3.64. The summed E-state index contributed by atoms with van der Waals surface area (Å²) >= 11 is 0. The number of rotatable bonds is 4. The summed E-state index contributed by atoms with van der Waals surface area (Å²) in [6.07, 6.45) is 0.992. The lowest BCUT2D eigenvalue weighted by Gasteiger charge is -2.20. The molecule has 1 aromatic carbocycles. The van der Waals surface area contributed by atoms with Crippen LogP contribution in [-0.2, 0) is 4.79 Å². The average molecular weight is 234 g/mol. The molecule has 0 saturated carbocycles. The maximum absolute atomic E-state index is 11.4. The Morgan fingerprint density at radius 1 is 1.41 bits per heavy atom. The molecule has 0 spiro atoms. The molecule has 1 N–H and O–H groups in total. The predicted octanol–water partition coefficient (Wildman–Crippen LogP) is 1.54. The van der Waals surface area contributed by atoms with Gasteiger partial charge in [-0.3, -0.25) is 10.1 Å². The zero-order chi connectivity index (χ0) is 12.3. The maximum atomic E-state index is 11.4. The van der Waals surface area contributed by atoms with E-state index in [-0.39, 0.29) is 12.1 Å². The number of carbonyl (C=O) groups is 1. The van der Waals surface area contributed by atoms with E-state index in [9.17, 15) is 4.79 Å². The second kappa shape index (κ2) is 5.19. The van der Waals surface area contributed by atoms with Gasteiger partial charge in [0.25, 0.3) is 0 Å². The minimum atomic E-state index is -0.0114. The van der Waals surface area contributed by atoms with Crippen LogP contribution in [0, 0.1) is 0 Å². The number of hydrogen-bond acceptors (Lipinski definition) is 3. The van der Waals surface area contributed by atoms with E-state index in [0.717, 1.165) is 24.3 Å². The van der Waals surface area contributed by atoms with Crippen molar-refractivity contribution in [1.82, 2.24) is 10.2 Å². The van der Waals surface area contributed by atoms with Crippen molar-refractivity contribution in [2.24, 2.45) is 0 Å². The number of nitrogens with zero attached hydrogens (tertiary/aromatic N) is 1. The fourth-order valence-electron chi connectivity index (χ4n) is 1.90. The Bertz CT molecular complexity index is 389. The second-order valence-electron chi connectivity index (χ2n) is 4.21. The third kappa shape index (κ3) is 2.58. The summed E-state index contributed by atoms with van der Waals surface area (Å²) in [5.74, 6) is 1.00. The van der Waals surface area contributed by atoms with E-state index in [1.807, 2.05) is 31.3 Å². The molecule has 2 rings (SSSR count). The zero-order valence-electron chi connectivity index (χ0n) is 10.3. The van der Waals surface area contributed by atoms with Crippen LogP contribution in [0.4, 0.5) is 0 Å². The molecule has 1 saturated heterocycles. The summed E-state index contributed by atoms with van der Waals surface area (Å²) in [6.45, 7) is 3.23. The van der Waals surface area contributed by atoms with Crippen molar-refractivity contribution in [3.05, 3.63) is 29.8 Å². The summed E-state index contributed by atoms with van der Waals surface area (Å²) in [7, 11) is 1.81. The van der Waals surface area contributed by atoms with Gasteiger partial charge in [-0.1, -0.05) is 19.1 Å². The van der Waals surface area contributed by atoms with Crippen LogP contribution in [0.25, 0.3) is 0 Å². The summed E-state index contributed by atoms with van der Waals surface area (Å²) in [5, 5.41) is 3.17. The molecule has 1 aliphatic heterocycles. The number of benzene rings is 1. The highest BCUT2D eigenvalue weighted by Gasteiger charge is 2.27. The molecule has 1 aromatic rings. The van der Waals surface area contributed by atoms with Gasteiger partial charge in [0.05, 0.1) is 13.2 Å². The van der Waals surface area contributed by atoms with Crippen LogP contribution >= 0.6 is 0 Å². The topological polar surface area (TPSA) is 41.6 Å². The van der Waals surface area contributed by atoms with Crippen LogP contribution in [0.1, 0.15) is 25.1 Å². The fraction of sp³-hybridized carbons (Fsp3) is 0.462. The second-order valence-corrected chi connectivity index (χ2v) is 4.21. The van der Waals surface area contributed by atoms with Crippen LogP contribution in [0.2, 0.25) is 0 Å². The third-order valence-corrected chi connectivity index (χ3v) is 2.90. The van der Waals surface area contributed by atoms with Gasteiger partial charge in [-0.2, -0.15) is 0 Å².